The lowest BCUT2D eigenvalue weighted by Crippen LogP contribution is -2.68. The van der Waals surface area contributed by atoms with Crippen LogP contribution in [0.4, 0.5) is 0 Å². The van der Waals surface area contributed by atoms with Crippen LogP contribution in [0.1, 0.15) is 174 Å². The molecule has 0 radical (unpaired) electrons. The van der Waals surface area contributed by atoms with E-state index >= 15 is 0 Å². The van der Waals surface area contributed by atoms with Crippen molar-refractivity contribution in [2.24, 2.45) is 74.4 Å². The second-order valence-corrected chi connectivity index (χ2v) is 28.3. The molecule has 0 amide bonds. The van der Waals surface area contributed by atoms with Crippen molar-refractivity contribution in [3.63, 3.8) is 0 Å². The molecule has 13 atom stereocenters. The number of nitrogens with one attached hydrogen (secondary N) is 2. The van der Waals surface area contributed by atoms with Gasteiger partial charge in [0.15, 0.2) is 0 Å². The Bertz CT molecular complexity index is 3120. The zero-order valence-electron chi connectivity index (χ0n) is 47.9. The molecular weight excluding hydrogens is 977 g/mol. The van der Waals surface area contributed by atoms with Crippen molar-refractivity contribution in [1.82, 2.24) is 10.6 Å². The molecule has 9 aliphatic carbocycles. The number of carbonyl (C=O) groups is 2. The van der Waals surface area contributed by atoms with E-state index in [1.807, 2.05) is 0 Å². The molecular formula is C71H90N2O6. The van der Waals surface area contributed by atoms with Gasteiger partial charge in [-0.2, -0.15) is 0 Å². The summed E-state index contributed by atoms with van der Waals surface area (Å²) in [5, 5.41) is 58.6. The summed E-state index contributed by atoms with van der Waals surface area (Å²) in [6.45, 7) is 11.2. The molecule has 14 bridgehead atoms. The van der Waals surface area contributed by atoms with Crippen LogP contribution in [-0.2, 0) is 16.0 Å². The lowest BCUT2D eigenvalue weighted by atomic mass is 9.30. The maximum atomic E-state index is 14.1. The molecule has 15 aliphatic rings. The Balaban J connectivity index is 1.01. The van der Waals surface area contributed by atoms with Crippen molar-refractivity contribution in [1.29, 1.82) is 0 Å². The second-order valence-electron chi connectivity index (χ2n) is 28.3. The Kier molecular flexibility index (Phi) is 13.7. The number of carboxylic acid groups (broad SMARTS) is 1. The molecule has 79 heavy (non-hydrogen) atoms. The fraction of sp³-hybridized carbons (Fsp3) is 0.606. The van der Waals surface area contributed by atoms with E-state index in [0.717, 1.165) is 114 Å². The summed E-state index contributed by atoms with van der Waals surface area (Å²) in [7, 11) is 0. The summed E-state index contributed by atoms with van der Waals surface area (Å²) in [6.07, 6.45) is 31.7. The molecule has 8 heteroatoms. The fourth-order valence-electron chi connectivity index (χ4n) is 20.9. The first-order valence-corrected chi connectivity index (χ1v) is 31.5. The number of aliphatic hydroxyl groups is 3. The molecule has 6 aliphatic heterocycles. The summed E-state index contributed by atoms with van der Waals surface area (Å²) in [6, 6.07) is 18.4. The van der Waals surface area contributed by atoms with Crippen LogP contribution in [-0.4, -0.2) is 57.5 Å². The van der Waals surface area contributed by atoms with Crippen molar-refractivity contribution in [3.05, 3.63) is 134 Å². The Labute approximate surface area is 470 Å². The minimum Gasteiger partial charge on any atom is -0.516 e. The number of allylic oxidation sites excluding steroid dienone is 9. The van der Waals surface area contributed by atoms with Gasteiger partial charge in [0, 0.05) is 54.0 Å². The molecule has 4 fully saturated rings. The third kappa shape index (κ3) is 8.37. The number of benzene rings is 2. The van der Waals surface area contributed by atoms with Gasteiger partial charge in [-0.05, 0) is 200 Å². The molecule has 4 saturated carbocycles. The molecule has 13 unspecified atom stereocenters. The van der Waals surface area contributed by atoms with Gasteiger partial charge in [0.25, 0.3) is 0 Å². The monoisotopic (exact) mass is 1070 g/mol. The Morgan fingerprint density at radius 2 is 1.67 bits per heavy atom. The minimum atomic E-state index is -0.828. The van der Waals surface area contributed by atoms with Crippen LogP contribution in [0.2, 0.25) is 0 Å². The normalized spacial score (nSPS) is 39.4. The zero-order valence-corrected chi connectivity index (χ0v) is 47.9. The summed E-state index contributed by atoms with van der Waals surface area (Å²) < 4.78 is 0. The number of fused-ring (bicyclic) bond motifs is 1. The van der Waals surface area contributed by atoms with Gasteiger partial charge in [-0.3, -0.25) is 9.59 Å². The third-order valence-electron chi connectivity index (χ3n) is 24.8. The number of hydrogen-bond donors (Lipinski definition) is 6. The maximum Gasteiger partial charge on any atom is 0.306 e. The largest absolute Gasteiger partial charge is 0.516 e. The molecule has 2 aromatic carbocycles. The molecule has 0 aromatic heterocycles. The average molecular weight is 1070 g/mol. The van der Waals surface area contributed by atoms with E-state index in [-0.39, 0.29) is 28.6 Å². The highest BCUT2D eigenvalue weighted by molar-refractivity contribution is 5.79. The van der Waals surface area contributed by atoms with Crippen LogP contribution >= 0.6 is 0 Å². The second kappa shape index (κ2) is 20.2. The van der Waals surface area contributed by atoms with E-state index in [1.165, 1.54) is 75.0 Å². The number of aliphatic hydroxyl groups excluding tert-OH is 3. The van der Waals surface area contributed by atoms with Gasteiger partial charge in [-0.25, -0.2) is 0 Å². The number of aliphatic carboxylic acids is 1. The summed E-state index contributed by atoms with van der Waals surface area (Å²) in [5.41, 5.74) is 10.1. The van der Waals surface area contributed by atoms with E-state index in [1.54, 1.807) is 5.57 Å². The van der Waals surface area contributed by atoms with Gasteiger partial charge in [0.05, 0.1) is 30.2 Å². The van der Waals surface area contributed by atoms with Gasteiger partial charge in [0.1, 0.15) is 5.78 Å². The summed E-state index contributed by atoms with van der Waals surface area (Å²) in [4.78, 5) is 26.8. The van der Waals surface area contributed by atoms with Crippen molar-refractivity contribution in [3.8, 4) is 0 Å². The van der Waals surface area contributed by atoms with E-state index in [2.05, 4.69) is 117 Å². The van der Waals surface area contributed by atoms with E-state index < -0.39 is 46.3 Å². The molecule has 17 rings (SSSR count). The first-order chi connectivity index (χ1) is 38.1. The number of Topliss-reactive ketones (excluding diaryl/α,β-unsaturated/α-hetero) is 1. The predicted molar refractivity (Wildman–Crippen MR) is 314 cm³/mol. The lowest BCUT2D eigenvalue weighted by Gasteiger charge is -2.73. The molecule has 420 valence electrons. The van der Waals surface area contributed by atoms with Crippen LogP contribution < -0.4 is 21.1 Å². The SMILES string of the molecule is CC(CC1=CCC2(C)C(O)CCC34C5=C6CC1(C=C1C(=c7ccccc7=CC13)Cc1cccc(c1)C1=CC=C(NCCCC(C3CCCCC3)C(=CO)CCC(C(=O)O)C3C(O)CC6(C)C3(C)CC5)NC1)C24)C1CCC(=O)CC1. The standard InChI is InChI=1S/C71H90N2O6/c1-43(45-19-23-52(75)24-20-45)34-51-27-30-67(2)62(77)29-32-71-58-28-31-68(3)64-55(65(78)79)25-21-50(42-74)53(46-13-6-5-7-14-46)18-11-33-72-63-26-22-49(41-73-63)47-16-10-12-44(35-47)36-56-54-17-9-8-15-48(54)37-59(71)57(56)38-70(51,66(67)71)39-60(58)69(68,4)40-61(64)76/h8-10,12,15-17,22,26-27,35,37-38,42-43,45-46,53,55,59,61-62,64,66,72-74,76-77H,5-7,11,13-14,18-21,23-25,28-34,36,39-41H2,1-4H3,(H,78,79). The zero-order chi connectivity index (χ0) is 54.6. The van der Waals surface area contributed by atoms with E-state index in [9.17, 15) is 30.0 Å². The smallest absolute Gasteiger partial charge is 0.306 e. The van der Waals surface area contributed by atoms with Crippen molar-refractivity contribution >= 4 is 29.0 Å². The van der Waals surface area contributed by atoms with Crippen LogP contribution in [0, 0.1) is 74.4 Å². The van der Waals surface area contributed by atoms with Crippen molar-refractivity contribution in [2.45, 2.75) is 181 Å². The van der Waals surface area contributed by atoms with Gasteiger partial charge in [-0.1, -0.05) is 137 Å². The highest BCUT2D eigenvalue weighted by Gasteiger charge is 2.75. The number of hydrogen-bond acceptors (Lipinski definition) is 7. The fourth-order valence-corrected chi connectivity index (χ4v) is 20.9. The van der Waals surface area contributed by atoms with E-state index in [0.29, 0.717) is 55.6 Å². The van der Waals surface area contributed by atoms with Crippen molar-refractivity contribution < 1.29 is 30.0 Å². The third-order valence-corrected chi connectivity index (χ3v) is 24.8. The Morgan fingerprint density at radius 1 is 0.861 bits per heavy atom. The van der Waals surface area contributed by atoms with Crippen LogP contribution in [0.15, 0.2) is 113 Å². The first-order valence-electron chi connectivity index (χ1n) is 31.5. The maximum absolute atomic E-state index is 14.1. The van der Waals surface area contributed by atoms with Crippen LogP contribution in [0.5, 0.6) is 0 Å². The molecule has 2 aromatic rings. The molecule has 6 heterocycles. The highest BCUT2D eigenvalue weighted by Crippen LogP contribution is 2.81. The highest BCUT2D eigenvalue weighted by atomic mass is 16.4. The Morgan fingerprint density at radius 3 is 2.44 bits per heavy atom. The van der Waals surface area contributed by atoms with Gasteiger partial charge < -0.3 is 31.1 Å². The number of carboxylic acids is 1. The van der Waals surface area contributed by atoms with Crippen molar-refractivity contribution in [2.75, 3.05) is 13.1 Å². The minimum absolute atomic E-state index is 0.0690. The predicted octanol–water partition coefficient (Wildman–Crippen LogP) is 12.5. The van der Waals surface area contributed by atoms with E-state index in [4.69, 9.17) is 0 Å². The lowest BCUT2D eigenvalue weighted by molar-refractivity contribution is -0.164. The van der Waals surface area contributed by atoms with Crippen LogP contribution in [0.25, 0.3) is 17.2 Å². The summed E-state index contributed by atoms with van der Waals surface area (Å²) >= 11 is 0. The molecule has 8 nitrogen and oxygen atoms in total. The number of dihydropyridines is 1. The number of ketones is 1. The molecule has 6 N–H and O–H groups in total. The topological polar surface area (TPSA) is 139 Å². The molecule has 0 saturated heterocycles. The van der Waals surface area contributed by atoms with Crippen LogP contribution in [0.3, 0.4) is 0 Å². The Hall–Kier alpha value is -4.92. The summed E-state index contributed by atoms with van der Waals surface area (Å²) in [5.74, 6) is 1.07. The van der Waals surface area contributed by atoms with Gasteiger partial charge in [0.2, 0.25) is 0 Å². The number of rotatable bonds is 5. The quantitative estimate of drug-likeness (QED) is 0.129. The molecule has 2 spiro atoms. The number of carbonyl (C=O) groups excluding carboxylic acids is 1. The first kappa shape index (κ1) is 53.4. The van der Waals surface area contributed by atoms with Gasteiger partial charge in [-0.15, -0.1) is 0 Å². The van der Waals surface area contributed by atoms with Gasteiger partial charge >= 0.3 is 5.97 Å². The average Bonchev–Trinajstić information content (AvgIpc) is 1.84.